The van der Waals surface area contributed by atoms with Gasteiger partial charge in [-0.3, -0.25) is 4.57 Å². The Morgan fingerprint density at radius 2 is 2.25 bits per heavy atom. The van der Waals surface area contributed by atoms with Crippen LogP contribution in [0.25, 0.3) is 11.0 Å². The van der Waals surface area contributed by atoms with Crippen molar-refractivity contribution in [2.24, 2.45) is 5.84 Å². The predicted octanol–water partition coefficient (Wildman–Crippen LogP) is -0.209. The maximum atomic E-state index is 9.26. The summed E-state index contributed by atoms with van der Waals surface area (Å²) in [6.07, 6.45) is 1.32. The number of anilines is 2. The monoisotopic (exact) mass is 277 g/mol. The zero-order valence-corrected chi connectivity index (χ0v) is 11.0. The van der Waals surface area contributed by atoms with Crippen LogP contribution < -0.4 is 17.0 Å². The minimum atomic E-state index is 0.164. The first kappa shape index (κ1) is 14.0. The Morgan fingerprint density at radius 1 is 1.45 bits per heavy atom. The lowest BCUT2D eigenvalue weighted by Gasteiger charge is -2.10. The van der Waals surface area contributed by atoms with E-state index in [1.807, 2.05) is 6.07 Å². The second kappa shape index (κ2) is 6.16. The molecule has 2 heterocycles. The number of nitriles is 1. The molecule has 0 saturated carbocycles. The molecule has 0 spiro atoms. The number of nitrogens with one attached hydrogen (secondary N) is 1. The molecule has 2 aromatic rings. The average molecular weight is 277 g/mol. The quantitative estimate of drug-likeness (QED) is 0.374. The third-order valence-electron chi connectivity index (χ3n) is 2.77. The number of nitrogens with zero attached hydrogens (tertiary/aromatic N) is 4. The third kappa shape index (κ3) is 2.35. The van der Waals surface area contributed by atoms with E-state index in [-0.39, 0.29) is 18.1 Å². The fourth-order valence-electron chi connectivity index (χ4n) is 1.88. The van der Waals surface area contributed by atoms with E-state index in [2.05, 4.69) is 15.4 Å². The second-order valence-electron chi connectivity index (χ2n) is 3.90. The highest BCUT2D eigenvalue weighted by Gasteiger charge is 2.20. The van der Waals surface area contributed by atoms with Gasteiger partial charge in [-0.05, 0) is 0 Å². The summed E-state index contributed by atoms with van der Waals surface area (Å²) < 4.78 is 12.0. The van der Waals surface area contributed by atoms with Crippen molar-refractivity contribution in [1.82, 2.24) is 14.5 Å². The van der Waals surface area contributed by atoms with Gasteiger partial charge in [0, 0.05) is 7.11 Å². The Balaban J connectivity index is 2.47. The molecule has 0 radical (unpaired) electrons. The van der Waals surface area contributed by atoms with E-state index in [0.29, 0.717) is 30.1 Å². The van der Waals surface area contributed by atoms with Gasteiger partial charge in [-0.1, -0.05) is 0 Å². The van der Waals surface area contributed by atoms with Crippen molar-refractivity contribution >= 4 is 22.7 Å². The Bertz CT molecular complexity index is 646. The van der Waals surface area contributed by atoms with Crippen LogP contribution in [0.4, 0.5) is 11.6 Å². The summed E-state index contributed by atoms with van der Waals surface area (Å²) in [5.41, 5.74) is 9.05. The van der Waals surface area contributed by atoms with Crippen LogP contribution in [0, 0.1) is 11.3 Å². The summed E-state index contributed by atoms with van der Waals surface area (Å²) >= 11 is 0. The van der Waals surface area contributed by atoms with Crippen LogP contribution >= 0.6 is 0 Å². The Kier molecular flexibility index (Phi) is 4.31. The van der Waals surface area contributed by atoms with E-state index in [1.54, 1.807) is 11.7 Å². The summed E-state index contributed by atoms with van der Waals surface area (Å²) in [4.78, 5) is 8.02. The first-order valence-corrected chi connectivity index (χ1v) is 5.80. The number of aromatic nitrogens is 3. The molecule has 2 aromatic heterocycles. The second-order valence-corrected chi connectivity index (χ2v) is 3.90. The van der Waals surface area contributed by atoms with Gasteiger partial charge in [0.05, 0.1) is 18.6 Å². The minimum absolute atomic E-state index is 0.164. The maximum absolute atomic E-state index is 9.26. The fourth-order valence-corrected chi connectivity index (χ4v) is 1.88. The van der Waals surface area contributed by atoms with E-state index in [4.69, 9.17) is 21.1 Å². The number of ether oxygens (including phenoxy) is 2. The average Bonchev–Trinajstić information content (AvgIpc) is 2.78. The molecule has 0 saturated heterocycles. The molecular formula is C11H15N7O2. The van der Waals surface area contributed by atoms with Crippen molar-refractivity contribution in [3.63, 3.8) is 0 Å². The van der Waals surface area contributed by atoms with Crippen molar-refractivity contribution < 1.29 is 9.47 Å². The topological polar surface area (TPSA) is 137 Å². The number of nitrogen functional groups attached to an aromatic ring is 2. The molecule has 0 aromatic carbocycles. The molecule has 20 heavy (non-hydrogen) atoms. The summed E-state index contributed by atoms with van der Waals surface area (Å²) in [6, 6.07) is 2.05. The Morgan fingerprint density at radius 3 is 2.90 bits per heavy atom. The van der Waals surface area contributed by atoms with E-state index < -0.39 is 0 Å². The summed E-state index contributed by atoms with van der Waals surface area (Å²) in [5.74, 6) is 6.08. The number of hydrogen-bond donors (Lipinski definition) is 3. The van der Waals surface area contributed by atoms with E-state index in [9.17, 15) is 5.26 Å². The lowest BCUT2D eigenvalue weighted by atomic mass is 10.2. The van der Waals surface area contributed by atoms with E-state index in [1.165, 1.54) is 6.33 Å². The van der Waals surface area contributed by atoms with Gasteiger partial charge >= 0.3 is 0 Å². The van der Waals surface area contributed by atoms with Gasteiger partial charge in [-0.15, -0.1) is 0 Å². The number of hydrogen-bond acceptors (Lipinski definition) is 8. The lowest BCUT2D eigenvalue weighted by molar-refractivity contribution is 0.0366. The molecule has 0 bridgehead atoms. The van der Waals surface area contributed by atoms with Crippen molar-refractivity contribution in [2.75, 3.05) is 31.5 Å². The minimum Gasteiger partial charge on any atom is -0.383 e. The van der Waals surface area contributed by atoms with Gasteiger partial charge in [0.2, 0.25) is 0 Å². The standard InChI is InChI=1S/C11H15N7O2/c1-19-2-3-20-6-18-10(17-14)7(4-12)8-9(13)15-5-16-11(8)18/h5,17H,2-3,6,14H2,1H3,(H2,13,15,16). The van der Waals surface area contributed by atoms with Crippen LogP contribution in [-0.4, -0.2) is 34.9 Å². The lowest BCUT2D eigenvalue weighted by Crippen LogP contribution is -2.15. The van der Waals surface area contributed by atoms with Crippen LogP contribution in [0.2, 0.25) is 0 Å². The first-order chi connectivity index (χ1) is 9.74. The van der Waals surface area contributed by atoms with Crippen LogP contribution in [0.3, 0.4) is 0 Å². The number of hydrazine groups is 1. The van der Waals surface area contributed by atoms with Crippen LogP contribution in [0.5, 0.6) is 0 Å². The van der Waals surface area contributed by atoms with Gasteiger partial charge < -0.3 is 20.6 Å². The Labute approximate surface area is 115 Å². The molecule has 0 aliphatic carbocycles. The molecule has 0 fully saturated rings. The number of methoxy groups -OCH3 is 1. The van der Waals surface area contributed by atoms with Gasteiger partial charge in [-0.2, -0.15) is 5.26 Å². The van der Waals surface area contributed by atoms with E-state index in [0.717, 1.165) is 0 Å². The highest BCUT2D eigenvalue weighted by Crippen LogP contribution is 2.30. The number of nitrogens with two attached hydrogens (primary N) is 2. The molecule has 0 aliphatic heterocycles. The van der Waals surface area contributed by atoms with Gasteiger partial charge in [0.1, 0.15) is 42.0 Å². The largest absolute Gasteiger partial charge is 0.383 e. The molecule has 0 aliphatic rings. The van der Waals surface area contributed by atoms with Crippen molar-refractivity contribution in [2.45, 2.75) is 6.73 Å². The maximum Gasteiger partial charge on any atom is 0.150 e. The zero-order valence-electron chi connectivity index (χ0n) is 11.0. The van der Waals surface area contributed by atoms with Crippen molar-refractivity contribution in [3.8, 4) is 6.07 Å². The molecule has 2 rings (SSSR count). The highest BCUT2D eigenvalue weighted by atomic mass is 16.5. The summed E-state index contributed by atoms with van der Waals surface area (Å²) in [5, 5.41) is 9.72. The van der Waals surface area contributed by atoms with Gasteiger partial charge in [0.25, 0.3) is 0 Å². The van der Waals surface area contributed by atoms with Gasteiger partial charge in [0.15, 0.2) is 0 Å². The molecule has 106 valence electrons. The molecule has 0 atom stereocenters. The van der Waals surface area contributed by atoms with Crippen molar-refractivity contribution in [1.29, 1.82) is 5.26 Å². The highest BCUT2D eigenvalue weighted by molar-refractivity contribution is 5.96. The normalized spacial score (nSPS) is 10.7. The van der Waals surface area contributed by atoms with Crippen LogP contribution in [0.1, 0.15) is 5.56 Å². The molecular weight excluding hydrogens is 262 g/mol. The summed E-state index contributed by atoms with van der Waals surface area (Å²) in [7, 11) is 1.59. The van der Waals surface area contributed by atoms with Crippen LogP contribution in [0.15, 0.2) is 6.33 Å². The zero-order chi connectivity index (χ0) is 14.5. The number of fused-ring (bicyclic) bond motifs is 1. The fraction of sp³-hybridized carbons (Fsp3) is 0.364. The summed E-state index contributed by atoms with van der Waals surface area (Å²) in [6.45, 7) is 1.03. The molecule has 0 amide bonds. The SMILES string of the molecule is COCCOCn1c(NN)c(C#N)c2c(N)ncnc21. The molecule has 0 unspecified atom stereocenters. The predicted molar refractivity (Wildman–Crippen MR) is 72.3 cm³/mol. The van der Waals surface area contributed by atoms with Crippen LogP contribution in [-0.2, 0) is 16.2 Å². The molecule has 9 nitrogen and oxygen atoms in total. The van der Waals surface area contributed by atoms with Gasteiger partial charge in [-0.25, -0.2) is 15.8 Å². The Hall–Kier alpha value is -2.41. The third-order valence-corrected chi connectivity index (χ3v) is 2.77. The molecule has 9 heteroatoms. The van der Waals surface area contributed by atoms with E-state index >= 15 is 0 Å². The molecule has 5 N–H and O–H groups in total. The first-order valence-electron chi connectivity index (χ1n) is 5.80. The smallest absolute Gasteiger partial charge is 0.150 e. The van der Waals surface area contributed by atoms with Crippen molar-refractivity contribution in [3.05, 3.63) is 11.9 Å². The number of rotatable bonds is 6.